The molecule has 0 saturated carbocycles. The monoisotopic (exact) mass is 326 g/mol. The van der Waals surface area contributed by atoms with Gasteiger partial charge in [-0.3, -0.25) is 4.79 Å². The van der Waals surface area contributed by atoms with Crippen molar-refractivity contribution in [2.45, 2.75) is 19.9 Å². The molecule has 0 aliphatic rings. The first-order valence-corrected chi connectivity index (χ1v) is 7.78. The molecule has 0 saturated heterocycles. The lowest BCUT2D eigenvalue weighted by molar-refractivity contribution is -0.120. The number of amides is 1. The van der Waals surface area contributed by atoms with Crippen LogP contribution in [0.5, 0.6) is 0 Å². The van der Waals surface area contributed by atoms with Crippen molar-refractivity contribution < 1.29 is 14.3 Å². The molecule has 0 heterocycles. The highest BCUT2D eigenvalue weighted by Crippen LogP contribution is 2.17. The van der Waals surface area contributed by atoms with E-state index in [0.717, 1.165) is 16.8 Å². The summed E-state index contributed by atoms with van der Waals surface area (Å²) in [7, 11) is 1.34. The second-order valence-corrected chi connectivity index (χ2v) is 5.57. The molecule has 0 aliphatic heterocycles. The Balaban J connectivity index is 1.95. The molecule has 5 nitrogen and oxygen atoms in total. The van der Waals surface area contributed by atoms with Gasteiger partial charge < -0.3 is 15.4 Å². The average molecular weight is 326 g/mol. The van der Waals surface area contributed by atoms with Gasteiger partial charge in [0.05, 0.1) is 25.3 Å². The first-order valence-electron chi connectivity index (χ1n) is 7.78. The second-order valence-electron chi connectivity index (χ2n) is 5.57. The molecule has 5 heteroatoms. The third kappa shape index (κ3) is 4.59. The van der Waals surface area contributed by atoms with Crippen LogP contribution < -0.4 is 10.6 Å². The van der Waals surface area contributed by atoms with E-state index in [1.807, 2.05) is 50.2 Å². The Kier molecular flexibility index (Phi) is 5.95. The summed E-state index contributed by atoms with van der Waals surface area (Å²) >= 11 is 0. The van der Waals surface area contributed by atoms with Crippen molar-refractivity contribution in [2.24, 2.45) is 0 Å². The zero-order valence-electron chi connectivity index (χ0n) is 14.1. The van der Waals surface area contributed by atoms with Crippen LogP contribution in [-0.2, 0) is 9.53 Å². The third-order valence-electron chi connectivity index (χ3n) is 3.78. The summed E-state index contributed by atoms with van der Waals surface area (Å²) in [4.78, 5) is 23.7. The fourth-order valence-corrected chi connectivity index (χ4v) is 2.35. The van der Waals surface area contributed by atoms with E-state index in [2.05, 4.69) is 10.6 Å². The topological polar surface area (TPSA) is 67.4 Å². The lowest BCUT2D eigenvalue weighted by Gasteiger charge is -2.16. The summed E-state index contributed by atoms with van der Waals surface area (Å²) < 4.78 is 4.71. The SMILES string of the molecule is COC(=O)c1ccc(C)c(NCC(=O)NC(C)c2ccccc2)c1. The molecule has 0 spiro atoms. The van der Waals surface area contributed by atoms with Gasteiger partial charge in [0.15, 0.2) is 0 Å². The number of esters is 1. The van der Waals surface area contributed by atoms with Crippen LogP contribution in [0.1, 0.15) is 34.5 Å². The molecular formula is C19H22N2O3. The van der Waals surface area contributed by atoms with Gasteiger partial charge in [0.2, 0.25) is 5.91 Å². The van der Waals surface area contributed by atoms with Crippen molar-refractivity contribution in [3.8, 4) is 0 Å². The number of aryl methyl sites for hydroxylation is 1. The van der Waals surface area contributed by atoms with E-state index in [9.17, 15) is 9.59 Å². The number of rotatable bonds is 6. The number of hydrogen-bond donors (Lipinski definition) is 2. The Hall–Kier alpha value is -2.82. The first-order chi connectivity index (χ1) is 11.5. The van der Waals surface area contributed by atoms with Gasteiger partial charge in [-0.25, -0.2) is 4.79 Å². The minimum absolute atomic E-state index is 0.0667. The van der Waals surface area contributed by atoms with E-state index in [0.29, 0.717) is 5.56 Å². The summed E-state index contributed by atoms with van der Waals surface area (Å²) in [6.45, 7) is 3.98. The van der Waals surface area contributed by atoms with Gasteiger partial charge in [0.25, 0.3) is 0 Å². The smallest absolute Gasteiger partial charge is 0.337 e. The standard InChI is InChI=1S/C19H22N2O3/c1-13-9-10-16(19(23)24-3)11-17(13)20-12-18(22)21-14(2)15-7-5-4-6-8-15/h4-11,14,20H,12H2,1-3H3,(H,21,22). The highest BCUT2D eigenvalue weighted by Gasteiger charge is 2.11. The number of hydrogen-bond acceptors (Lipinski definition) is 4. The average Bonchev–Trinajstić information content (AvgIpc) is 2.61. The molecule has 24 heavy (non-hydrogen) atoms. The molecule has 2 aromatic rings. The molecule has 0 bridgehead atoms. The molecule has 0 aromatic heterocycles. The fraction of sp³-hybridized carbons (Fsp3) is 0.263. The van der Waals surface area contributed by atoms with E-state index in [4.69, 9.17) is 4.74 Å². The maximum absolute atomic E-state index is 12.1. The molecular weight excluding hydrogens is 304 g/mol. The molecule has 1 amide bonds. The van der Waals surface area contributed by atoms with Crippen molar-refractivity contribution in [3.05, 3.63) is 65.2 Å². The van der Waals surface area contributed by atoms with E-state index < -0.39 is 5.97 Å². The number of anilines is 1. The Bertz CT molecular complexity index is 714. The van der Waals surface area contributed by atoms with E-state index in [-0.39, 0.29) is 18.5 Å². The molecule has 0 radical (unpaired) electrons. The zero-order chi connectivity index (χ0) is 17.5. The summed E-state index contributed by atoms with van der Waals surface area (Å²) in [6.07, 6.45) is 0. The lowest BCUT2D eigenvalue weighted by atomic mass is 10.1. The molecule has 126 valence electrons. The molecule has 1 unspecified atom stereocenters. The number of methoxy groups -OCH3 is 1. The number of carbonyl (C=O) groups excluding carboxylic acids is 2. The summed E-state index contributed by atoms with van der Waals surface area (Å²) in [5.41, 5.74) is 3.19. The highest BCUT2D eigenvalue weighted by atomic mass is 16.5. The molecule has 0 aliphatic carbocycles. The lowest BCUT2D eigenvalue weighted by Crippen LogP contribution is -2.32. The largest absolute Gasteiger partial charge is 0.465 e. The maximum atomic E-state index is 12.1. The second kappa shape index (κ2) is 8.15. The van der Waals surface area contributed by atoms with Gasteiger partial charge in [0, 0.05) is 5.69 Å². The van der Waals surface area contributed by atoms with Gasteiger partial charge >= 0.3 is 5.97 Å². The zero-order valence-corrected chi connectivity index (χ0v) is 14.1. The van der Waals surface area contributed by atoms with Crippen LogP contribution in [0.25, 0.3) is 0 Å². The predicted octanol–water partition coefficient (Wildman–Crippen LogP) is 3.07. The predicted molar refractivity (Wildman–Crippen MR) is 94.0 cm³/mol. The molecule has 2 aromatic carbocycles. The van der Waals surface area contributed by atoms with Crippen molar-refractivity contribution >= 4 is 17.6 Å². The minimum Gasteiger partial charge on any atom is -0.465 e. The Morgan fingerprint density at radius 1 is 1.12 bits per heavy atom. The first kappa shape index (κ1) is 17.5. The summed E-state index contributed by atoms with van der Waals surface area (Å²) in [5.74, 6) is -0.519. The van der Waals surface area contributed by atoms with Crippen molar-refractivity contribution in [1.29, 1.82) is 0 Å². The van der Waals surface area contributed by atoms with Crippen LogP contribution >= 0.6 is 0 Å². The van der Waals surface area contributed by atoms with Gasteiger partial charge in [0.1, 0.15) is 0 Å². The van der Waals surface area contributed by atoms with E-state index in [1.54, 1.807) is 12.1 Å². The van der Waals surface area contributed by atoms with Crippen LogP contribution in [-0.4, -0.2) is 25.5 Å². The van der Waals surface area contributed by atoms with Gasteiger partial charge in [-0.2, -0.15) is 0 Å². The highest BCUT2D eigenvalue weighted by molar-refractivity contribution is 5.91. The summed E-state index contributed by atoms with van der Waals surface area (Å²) in [5, 5.41) is 6.01. The van der Waals surface area contributed by atoms with E-state index >= 15 is 0 Å². The molecule has 1 atom stereocenters. The molecule has 0 fully saturated rings. The van der Waals surface area contributed by atoms with Crippen LogP contribution in [0.15, 0.2) is 48.5 Å². The Morgan fingerprint density at radius 2 is 1.83 bits per heavy atom. The number of ether oxygens (including phenoxy) is 1. The number of carbonyl (C=O) groups is 2. The third-order valence-corrected chi connectivity index (χ3v) is 3.78. The van der Waals surface area contributed by atoms with Gasteiger partial charge in [-0.1, -0.05) is 36.4 Å². The van der Waals surface area contributed by atoms with Crippen LogP contribution in [0.2, 0.25) is 0 Å². The Labute approximate surface area is 142 Å². The van der Waals surface area contributed by atoms with Gasteiger partial charge in [-0.05, 0) is 37.1 Å². The normalized spacial score (nSPS) is 11.5. The minimum atomic E-state index is -0.403. The van der Waals surface area contributed by atoms with Crippen molar-refractivity contribution in [2.75, 3.05) is 19.0 Å². The molecule has 2 N–H and O–H groups in total. The van der Waals surface area contributed by atoms with Crippen LogP contribution in [0.4, 0.5) is 5.69 Å². The Morgan fingerprint density at radius 3 is 2.50 bits per heavy atom. The number of nitrogens with one attached hydrogen (secondary N) is 2. The van der Waals surface area contributed by atoms with Gasteiger partial charge in [-0.15, -0.1) is 0 Å². The number of benzene rings is 2. The quantitative estimate of drug-likeness (QED) is 0.801. The maximum Gasteiger partial charge on any atom is 0.337 e. The summed E-state index contributed by atoms with van der Waals surface area (Å²) in [6, 6.07) is 14.9. The van der Waals surface area contributed by atoms with Crippen LogP contribution in [0, 0.1) is 6.92 Å². The van der Waals surface area contributed by atoms with Crippen LogP contribution in [0.3, 0.4) is 0 Å². The molecule has 2 rings (SSSR count). The van der Waals surface area contributed by atoms with E-state index in [1.165, 1.54) is 7.11 Å². The fourth-order valence-electron chi connectivity index (χ4n) is 2.35. The van der Waals surface area contributed by atoms with Crippen molar-refractivity contribution in [3.63, 3.8) is 0 Å². The van der Waals surface area contributed by atoms with Crippen molar-refractivity contribution in [1.82, 2.24) is 5.32 Å².